The second-order valence-corrected chi connectivity index (χ2v) is 5.43. The normalized spacial score (nSPS) is 24.9. The molecule has 1 N–H and O–H groups in total. The third kappa shape index (κ3) is 2.32. The van der Waals surface area contributed by atoms with E-state index in [0.717, 1.165) is 43.5 Å². The maximum Gasteiger partial charge on any atom is 0.147 e. The number of hydroxylamine groups is 2. The highest BCUT2D eigenvalue weighted by molar-refractivity contribution is 5.41. The summed E-state index contributed by atoms with van der Waals surface area (Å²) in [6.07, 6.45) is 3.96. The van der Waals surface area contributed by atoms with E-state index in [1.807, 2.05) is 29.3 Å². The van der Waals surface area contributed by atoms with Gasteiger partial charge in [-0.05, 0) is 43.4 Å². The zero-order valence-electron chi connectivity index (χ0n) is 10.9. The van der Waals surface area contributed by atoms with E-state index in [4.69, 9.17) is 10.1 Å². The molecule has 1 heterocycles. The average Bonchev–Trinajstić information content (AvgIpc) is 3.13. The number of nitrogens with zero attached hydrogens (tertiary/aromatic N) is 2. The first-order chi connectivity index (χ1) is 9.27. The molecule has 3 rings (SSSR count). The molecule has 19 heavy (non-hydrogen) atoms. The highest BCUT2D eigenvalue weighted by atomic mass is 16.7. The first kappa shape index (κ1) is 12.5. The van der Waals surface area contributed by atoms with Crippen LogP contribution in [0.4, 0.5) is 0 Å². The Kier molecular flexibility index (Phi) is 3.17. The van der Waals surface area contributed by atoms with Crippen molar-refractivity contribution in [2.75, 3.05) is 13.2 Å². The summed E-state index contributed by atoms with van der Waals surface area (Å²) in [5, 5.41) is 20.3. The van der Waals surface area contributed by atoms with Crippen LogP contribution in [0.3, 0.4) is 0 Å². The molecule has 0 radical (unpaired) electrons. The van der Waals surface area contributed by atoms with Crippen molar-refractivity contribution < 1.29 is 9.94 Å². The number of rotatable bonds is 4. The highest BCUT2D eigenvalue weighted by Gasteiger charge is 2.44. The summed E-state index contributed by atoms with van der Waals surface area (Å²) < 4.78 is 0. The Balaban J connectivity index is 1.68. The molecule has 0 bridgehead atoms. The second-order valence-electron chi connectivity index (χ2n) is 5.43. The number of hydrogen-bond acceptors (Lipinski definition) is 4. The monoisotopic (exact) mass is 258 g/mol. The van der Waals surface area contributed by atoms with Crippen LogP contribution in [0.5, 0.6) is 5.75 Å². The molecular formula is C15H18N2O2. The van der Waals surface area contributed by atoms with Crippen LogP contribution >= 0.6 is 0 Å². The molecule has 4 heteroatoms. The van der Waals surface area contributed by atoms with Crippen molar-refractivity contribution in [1.29, 1.82) is 5.26 Å². The molecule has 2 aliphatic rings. The molecule has 4 nitrogen and oxygen atoms in total. The van der Waals surface area contributed by atoms with E-state index in [9.17, 15) is 5.11 Å². The molecule has 0 aromatic heterocycles. The number of aliphatic hydroxyl groups excluding tert-OH is 1. The first-order valence-electron chi connectivity index (χ1n) is 6.85. The van der Waals surface area contributed by atoms with Crippen LogP contribution < -0.4 is 4.84 Å². The van der Waals surface area contributed by atoms with E-state index < -0.39 is 0 Å². The highest BCUT2D eigenvalue weighted by Crippen LogP contribution is 2.47. The lowest BCUT2D eigenvalue weighted by molar-refractivity contribution is -0.0828. The second kappa shape index (κ2) is 4.84. The van der Waals surface area contributed by atoms with Gasteiger partial charge >= 0.3 is 0 Å². The lowest BCUT2D eigenvalue weighted by Gasteiger charge is -2.22. The number of hydrogen-bond donors (Lipinski definition) is 1. The fourth-order valence-corrected chi connectivity index (χ4v) is 2.67. The zero-order valence-corrected chi connectivity index (χ0v) is 10.9. The predicted octanol–water partition coefficient (Wildman–Crippen LogP) is 1.99. The van der Waals surface area contributed by atoms with Gasteiger partial charge in [-0.15, -0.1) is 5.06 Å². The summed E-state index contributed by atoms with van der Waals surface area (Å²) in [7, 11) is 0. The van der Waals surface area contributed by atoms with Crippen LogP contribution in [-0.2, 0) is 5.41 Å². The van der Waals surface area contributed by atoms with E-state index in [1.54, 1.807) is 0 Å². The summed E-state index contributed by atoms with van der Waals surface area (Å²) in [6.45, 7) is 0.991. The van der Waals surface area contributed by atoms with Crippen molar-refractivity contribution in [3.05, 3.63) is 29.8 Å². The summed E-state index contributed by atoms with van der Waals surface area (Å²) >= 11 is 0. The van der Waals surface area contributed by atoms with Crippen LogP contribution in [0.15, 0.2) is 24.3 Å². The van der Waals surface area contributed by atoms with Gasteiger partial charge in [0.05, 0.1) is 24.1 Å². The minimum atomic E-state index is -0.236. The molecule has 1 aromatic rings. The quantitative estimate of drug-likeness (QED) is 0.897. The van der Waals surface area contributed by atoms with Gasteiger partial charge in [0.25, 0.3) is 0 Å². The van der Waals surface area contributed by atoms with Crippen molar-refractivity contribution in [2.24, 2.45) is 0 Å². The molecule has 1 atom stereocenters. The summed E-state index contributed by atoms with van der Waals surface area (Å²) in [5.41, 5.74) is 0.849. The van der Waals surface area contributed by atoms with E-state index >= 15 is 0 Å². The molecule has 1 aromatic carbocycles. The average molecular weight is 258 g/mol. The van der Waals surface area contributed by atoms with Crippen LogP contribution in [0, 0.1) is 11.3 Å². The zero-order chi connectivity index (χ0) is 13.3. The maximum atomic E-state index is 9.25. The van der Waals surface area contributed by atoms with Gasteiger partial charge in [0.1, 0.15) is 5.75 Å². The van der Waals surface area contributed by atoms with E-state index in [0.29, 0.717) is 0 Å². The molecule has 1 saturated carbocycles. The van der Waals surface area contributed by atoms with Gasteiger partial charge in [0.15, 0.2) is 0 Å². The standard InChI is InChI=1S/C15H18N2O2/c16-11-15(7-8-15)12-3-5-14(6-4-12)19-17-9-1-2-13(17)10-18/h3-6,13,18H,1-2,7-10H2. The smallest absolute Gasteiger partial charge is 0.147 e. The fraction of sp³-hybridized carbons (Fsp3) is 0.533. The van der Waals surface area contributed by atoms with Gasteiger partial charge in [0, 0.05) is 6.54 Å². The largest absolute Gasteiger partial charge is 0.406 e. The molecule has 0 amide bonds. The van der Waals surface area contributed by atoms with Gasteiger partial charge in [0.2, 0.25) is 0 Å². The van der Waals surface area contributed by atoms with Crippen molar-refractivity contribution in [2.45, 2.75) is 37.1 Å². The van der Waals surface area contributed by atoms with Crippen molar-refractivity contribution >= 4 is 0 Å². The topological polar surface area (TPSA) is 56.5 Å². The SMILES string of the molecule is N#CC1(c2ccc(ON3CCCC3CO)cc2)CC1. The molecule has 2 fully saturated rings. The van der Waals surface area contributed by atoms with Gasteiger partial charge in [-0.1, -0.05) is 12.1 Å². The van der Waals surface area contributed by atoms with E-state index in [-0.39, 0.29) is 18.1 Å². The van der Waals surface area contributed by atoms with Crippen LogP contribution in [-0.4, -0.2) is 29.4 Å². The third-order valence-electron chi connectivity index (χ3n) is 4.13. The van der Waals surface area contributed by atoms with Crippen molar-refractivity contribution in [3.8, 4) is 11.8 Å². The number of benzene rings is 1. The van der Waals surface area contributed by atoms with Crippen molar-refractivity contribution in [1.82, 2.24) is 5.06 Å². The summed E-state index contributed by atoms with van der Waals surface area (Å²) in [6, 6.07) is 10.3. The van der Waals surface area contributed by atoms with Crippen molar-refractivity contribution in [3.63, 3.8) is 0 Å². The van der Waals surface area contributed by atoms with Gasteiger partial charge in [-0.2, -0.15) is 5.26 Å². The minimum Gasteiger partial charge on any atom is -0.406 e. The third-order valence-corrected chi connectivity index (χ3v) is 4.13. The lowest BCUT2D eigenvalue weighted by atomic mass is 9.98. The Morgan fingerprint density at radius 2 is 2.11 bits per heavy atom. The molecule has 1 aliphatic heterocycles. The molecule has 1 aliphatic carbocycles. The fourth-order valence-electron chi connectivity index (χ4n) is 2.67. The molecule has 1 saturated heterocycles. The Labute approximate surface area is 113 Å². The molecular weight excluding hydrogens is 240 g/mol. The molecule has 100 valence electrons. The lowest BCUT2D eigenvalue weighted by Crippen LogP contribution is -2.35. The van der Waals surface area contributed by atoms with Gasteiger partial charge in [-0.3, -0.25) is 0 Å². The van der Waals surface area contributed by atoms with Crippen LogP contribution in [0.1, 0.15) is 31.2 Å². The maximum absolute atomic E-state index is 9.25. The van der Waals surface area contributed by atoms with Crippen LogP contribution in [0.25, 0.3) is 0 Å². The predicted molar refractivity (Wildman–Crippen MR) is 70.4 cm³/mol. The van der Waals surface area contributed by atoms with Gasteiger partial charge in [-0.25, -0.2) is 0 Å². The molecule has 0 spiro atoms. The summed E-state index contributed by atoms with van der Waals surface area (Å²) in [4.78, 5) is 5.79. The Morgan fingerprint density at radius 3 is 2.68 bits per heavy atom. The minimum absolute atomic E-state index is 0.105. The van der Waals surface area contributed by atoms with E-state index in [1.165, 1.54) is 0 Å². The number of aliphatic hydroxyl groups is 1. The Bertz CT molecular complexity index is 488. The summed E-state index contributed by atoms with van der Waals surface area (Å²) in [5.74, 6) is 0.776. The Morgan fingerprint density at radius 1 is 1.37 bits per heavy atom. The Hall–Kier alpha value is -1.57. The molecule has 1 unspecified atom stereocenters. The van der Waals surface area contributed by atoms with Crippen LogP contribution in [0.2, 0.25) is 0 Å². The van der Waals surface area contributed by atoms with E-state index in [2.05, 4.69) is 6.07 Å². The number of nitriles is 1. The first-order valence-corrected chi connectivity index (χ1v) is 6.85. The van der Waals surface area contributed by atoms with Gasteiger partial charge < -0.3 is 9.94 Å².